The summed E-state index contributed by atoms with van der Waals surface area (Å²) in [7, 11) is 0. The van der Waals surface area contributed by atoms with Gasteiger partial charge in [-0.15, -0.1) is 36.2 Å². The van der Waals surface area contributed by atoms with Crippen LogP contribution in [0, 0.1) is 0 Å². The Labute approximate surface area is 171 Å². The van der Waals surface area contributed by atoms with Crippen LogP contribution in [-0.4, -0.2) is 43.5 Å². The van der Waals surface area contributed by atoms with Crippen molar-refractivity contribution in [3.8, 4) is 0 Å². The number of hydrogen-bond donors (Lipinski definition) is 1. The maximum Gasteiger partial charge on any atom is 0.141 e. The molecule has 4 nitrogen and oxygen atoms in total. The van der Waals surface area contributed by atoms with Gasteiger partial charge in [-0.25, -0.2) is 4.99 Å². The fraction of sp³-hybridized carbons (Fsp3) is 0.421. The fourth-order valence-electron chi connectivity index (χ4n) is 3.65. The molecule has 1 aromatic carbocycles. The summed E-state index contributed by atoms with van der Waals surface area (Å²) in [5.74, 6) is 0.605. The molecule has 2 aliphatic rings. The Bertz CT molecular complexity index is 727. The third-order valence-electron chi connectivity index (χ3n) is 4.96. The van der Waals surface area contributed by atoms with Gasteiger partial charge in [-0.2, -0.15) is 0 Å². The van der Waals surface area contributed by atoms with Gasteiger partial charge in [-0.05, 0) is 67.6 Å². The lowest BCUT2D eigenvalue weighted by Crippen LogP contribution is -2.32. The molecule has 0 spiro atoms. The van der Waals surface area contributed by atoms with Crippen molar-refractivity contribution in [2.24, 2.45) is 10.7 Å². The molecule has 0 atom stereocenters. The van der Waals surface area contributed by atoms with Crippen LogP contribution in [0.1, 0.15) is 23.3 Å². The van der Waals surface area contributed by atoms with Crippen molar-refractivity contribution in [3.63, 3.8) is 0 Å². The highest BCUT2D eigenvalue weighted by atomic mass is 35.5. The molecule has 0 bridgehead atoms. The summed E-state index contributed by atoms with van der Waals surface area (Å²) in [4.78, 5) is 10.7. The summed E-state index contributed by atoms with van der Waals surface area (Å²) in [6, 6.07) is 10.5. The smallest absolute Gasteiger partial charge is 0.141 e. The topological polar surface area (TPSA) is 44.9 Å². The van der Waals surface area contributed by atoms with E-state index in [4.69, 9.17) is 5.73 Å². The number of hydrogen-bond acceptors (Lipinski definition) is 4. The zero-order valence-electron chi connectivity index (χ0n) is 14.8. The minimum atomic E-state index is 0. The highest BCUT2D eigenvalue weighted by Gasteiger charge is 2.20. The lowest BCUT2D eigenvalue weighted by molar-refractivity contribution is 0.345. The summed E-state index contributed by atoms with van der Waals surface area (Å²) < 4.78 is 0. The van der Waals surface area contributed by atoms with E-state index in [0.717, 1.165) is 30.1 Å². The normalized spacial score (nSPS) is 16.9. The molecule has 0 amide bonds. The Morgan fingerprint density at radius 3 is 2.62 bits per heavy atom. The van der Waals surface area contributed by atoms with Crippen molar-refractivity contribution in [2.45, 2.75) is 19.3 Å². The maximum atomic E-state index is 6.11. The van der Waals surface area contributed by atoms with Gasteiger partial charge in [-0.3, -0.25) is 0 Å². The first-order valence-electron chi connectivity index (χ1n) is 8.78. The number of rotatable bonds is 5. The Kier molecular flexibility index (Phi) is 7.77. The minimum Gasteiger partial charge on any atom is -0.383 e. The Hall–Kier alpha value is -1.27. The predicted molar refractivity (Wildman–Crippen MR) is 117 cm³/mol. The van der Waals surface area contributed by atoms with Crippen LogP contribution in [0.2, 0.25) is 0 Å². The lowest BCUT2D eigenvalue weighted by atomic mass is 10.1. The molecule has 1 fully saturated rings. The van der Waals surface area contributed by atoms with Gasteiger partial charge in [0.25, 0.3) is 0 Å². The van der Waals surface area contributed by atoms with Gasteiger partial charge in [0.1, 0.15) is 5.84 Å². The predicted octanol–water partition coefficient (Wildman–Crippen LogP) is 4.09. The number of amidine groups is 1. The molecular formula is C19H26Cl2N4S. The van der Waals surface area contributed by atoms with E-state index in [9.17, 15) is 0 Å². The van der Waals surface area contributed by atoms with Gasteiger partial charge >= 0.3 is 0 Å². The molecule has 3 heterocycles. The number of thiophene rings is 1. The average molecular weight is 413 g/mol. The number of fused-ring (bicyclic) bond motifs is 1. The lowest BCUT2D eigenvalue weighted by Gasteiger charge is -2.23. The van der Waals surface area contributed by atoms with Crippen LogP contribution < -0.4 is 10.6 Å². The summed E-state index contributed by atoms with van der Waals surface area (Å²) in [6.07, 6.45) is 3.84. The molecule has 0 unspecified atom stereocenters. The second-order valence-corrected chi connectivity index (χ2v) is 7.52. The van der Waals surface area contributed by atoms with Gasteiger partial charge in [0, 0.05) is 25.3 Å². The molecular weight excluding hydrogens is 387 g/mol. The molecule has 2 aliphatic heterocycles. The van der Waals surface area contributed by atoms with Crippen molar-refractivity contribution in [1.82, 2.24) is 4.90 Å². The molecule has 0 radical (unpaired) electrons. The number of nitrogens with two attached hydrogens (primary N) is 1. The van der Waals surface area contributed by atoms with E-state index >= 15 is 0 Å². The van der Waals surface area contributed by atoms with Gasteiger partial charge in [-0.1, -0.05) is 6.07 Å². The van der Waals surface area contributed by atoms with Crippen molar-refractivity contribution >= 4 is 53.4 Å². The van der Waals surface area contributed by atoms with Crippen LogP contribution in [-0.2, 0) is 6.42 Å². The number of benzene rings is 1. The van der Waals surface area contributed by atoms with Crippen molar-refractivity contribution in [1.29, 1.82) is 0 Å². The molecule has 1 saturated heterocycles. The summed E-state index contributed by atoms with van der Waals surface area (Å²) >= 11 is 1.63. The van der Waals surface area contributed by atoms with Gasteiger partial charge in [0.05, 0.1) is 10.6 Å². The Morgan fingerprint density at radius 1 is 1.08 bits per heavy atom. The van der Waals surface area contributed by atoms with E-state index in [1.165, 1.54) is 43.7 Å². The van der Waals surface area contributed by atoms with Gasteiger partial charge in [0.15, 0.2) is 0 Å². The quantitative estimate of drug-likeness (QED) is 0.593. The van der Waals surface area contributed by atoms with E-state index in [-0.39, 0.29) is 24.8 Å². The van der Waals surface area contributed by atoms with Crippen LogP contribution in [0.3, 0.4) is 0 Å². The summed E-state index contributed by atoms with van der Waals surface area (Å²) in [5, 5.41) is 2.03. The van der Waals surface area contributed by atoms with Crippen molar-refractivity contribution in [2.75, 3.05) is 37.6 Å². The van der Waals surface area contributed by atoms with E-state index in [0.29, 0.717) is 5.84 Å². The first-order valence-corrected chi connectivity index (χ1v) is 9.66. The fourth-order valence-corrected chi connectivity index (χ4v) is 4.27. The third-order valence-corrected chi connectivity index (χ3v) is 5.86. The Morgan fingerprint density at radius 2 is 1.88 bits per heavy atom. The molecule has 4 rings (SSSR count). The second kappa shape index (κ2) is 9.60. The Balaban J connectivity index is 0.00000121. The first kappa shape index (κ1) is 21.0. The zero-order chi connectivity index (χ0) is 16.4. The molecule has 142 valence electrons. The van der Waals surface area contributed by atoms with E-state index in [2.05, 4.69) is 33.0 Å². The highest BCUT2D eigenvalue weighted by molar-refractivity contribution is 7.12. The zero-order valence-corrected chi connectivity index (χ0v) is 17.2. The van der Waals surface area contributed by atoms with Crippen LogP contribution >= 0.6 is 36.2 Å². The van der Waals surface area contributed by atoms with Crippen molar-refractivity contribution in [3.05, 3.63) is 46.2 Å². The van der Waals surface area contributed by atoms with Crippen LogP contribution in [0.5, 0.6) is 0 Å². The maximum absolute atomic E-state index is 6.11. The SMILES string of the molecule is Cl.Cl.NC(=Nc1ccc2c(c1)CCN2CCN1CCCC1)c1cccs1. The summed E-state index contributed by atoms with van der Waals surface area (Å²) in [6.45, 7) is 5.99. The molecule has 2 aromatic rings. The molecule has 0 saturated carbocycles. The van der Waals surface area contributed by atoms with Gasteiger partial charge < -0.3 is 15.5 Å². The van der Waals surface area contributed by atoms with Crippen LogP contribution in [0.15, 0.2) is 40.7 Å². The van der Waals surface area contributed by atoms with Crippen molar-refractivity contribution < 1.29 is 0 Å². The minimum absolute atomic E-state index is 0. The molecule has 26 heavy (non-hydrogen) atoms. The number of nitrogens with zero attached hydrogens (tertiary/aromatic N) is 3. The standard InChI is InChI=1S/C19H24N4S.2ClH/c20-19(18-4-3-13-24-18)21-16-5-6-17-15(14-16)7-10-23(17)12-11-22-8-1-2-9-22;;/h3-6,13-14H,1-2,7-12H2,(H2,20,21);2*1H. The van der Waals surface area contributed by atoms with Gasteiger partial charge in [0.2, 0.25) is 0 Å². The largest absolute Gasteiger partial charge is 0.383 e. The molecule has 0 aliphatic carbocycles. The number of halogens is 2. The monoisotopic (exact) mass is 412 g/mol. The molecule has 7 heteroatoms. The van der Waals surface area contributed by atoms with E-state index in [1.54, 1.807) is 11.3 Å². The van der Waals surface area contributed by atoms with Crippen LogP contribution in [0.4, 0.5) is 11.4 Å². The average Bonchev–Trinajstić information content (AvgIpc) is 3.34. The van der Waals surface area contributed by atoms with E-state index < -0.39 is 0 Å². The first-order chi connectivity index (χ1) is 11.8. The number of anilines is 1. The van der Waals surface area contributed by atoms with Crippen LogP contribution in [0.25, 0.3) is 0 Å². The summed E-state index contributed by atoms with van der Waals surface area (Å²) in [5.41, 5.74) is 9.84. The van der Waals surface area contributed by atoms with E-state index in [1.807, 2.05) is 17.5 Å². The second-order valence-electron chi connectivity index (χ2n) is 6.57. The number of likely N-dealkylation sites (tertiary alicyclic amines) is 1. The molecule has 2 N–H and O–H groups in total. The molecule has 1 aromatic heterocycles. The number of aliphatic imine (C=N–C) groups is 1. The third kappa shape index (κ3) is 4.71. The highest BCUT2D eigenvalue weighted by Crippen LogP contribution is 2.31.